The maximum Gasteiger partial charge on any atom is 2.00 e. The van der Waals surface area contributed by atoms with E-state index in [1.54, 1.807) is 18.5 Å². The van der Waals surface area contributed by atoms with Gasteiger partial charge in [-0.05, 0) is 12.2 Å². The van der Waals surface area contributed by atoms with Crippen LogP contribution in [0, 0.1) is 13.8 Å². The maximum absolute atomic E-state index is 4.55. The normalized spacial score (nSPS) is 11.0. The summed E-state index contributed by atoms with van der Waals surface area (Å²) in [5.41, 5.74) is 2.52. The molecule has 0 fully saturated rings. The van der Waals surface area contributed by atoms with Gasteiger partial charge in [0.1, 0.15) is 6.26 Å². The molecule has 0 spiro atoms. The largest absolute Gasteiger partial charge is 2.00 e. The molecule has 0 amide bonds. The van der Waals surface area contributed by atoms with Gasteiger partial charge in [0.25, 0.3) is 0 Å². The fraction of sp³-hybridized carbons (Fsp3) is 0.700. The van der Waals surface area contributed by atoms with Crippen LogP contribution in [-0.2, 0) is 24.3 Å². The molecular weight excluding hydrogens is 336 g/mol. The van der Waals surface area contributed by atoms with Crippen LogP contribution >= 0.6 is 0 Å². The van der Waals surface area contributed by atoms with E-state index < -0.39 is 0 Å². The zero-order chi connectivity index (χ0) is 16.7. The monoisotopic (exact) mass is 373 g/mol. The minimum Gasteiger partial charge on any atom is -0.391 e. The molecule has 0 saturated heterocycles. The minimum absolute atomic E-state index is 0. The fourth-order valence-corrected chi connectivity index (χ4v) is 1.82. The van der Waals surface area contributed by atoms with Crippen molar-refractivity contribution in [3.05, 3.63) is 38.5 Å². The third-order valence-corrected chi connectivity index (χ3v) is 3.20. The van der Waals surface area contributed by atoms with E-state index in [-0.39, 0.29) is 19.5 Å². The van der Waals surface area contributed by atoms with Crippen LogP contribution in [0.15, 0.2) is 24.6 Å². The Labute approximate surface area is 159 Å². The third-order valence-electron chi connectivity index (χ3n) is 3.20. The van der Waals surface area contributed by atoms with Gasteiger partial charge < -0.3 is 18.7 Å². The molecule has 1 rings (SSSR count). The van der Waals surface area contributed by atoms with Crippen LogP contribution in [0.4, 0.5) is 0 Å². The van der Waals surface area contributed by atoms with Crippen molar-refractivity contribution in [1.29, 1.82) is 0 Å². The average molecular weight is 375 g/mol. The van der Waals surface area contributed by atoms with Crippen molar-refractivity contribution in [3.63, 3.8) is 0 Å². The maximum atomic E-state index is 4.55. The van der Waals surface area contributed by atoms with Crippen molar-refractivity contribution in [3.8, 4) is 0 Å². The van der Waals surface area contributed by atoms with Gasteiger partial charge in [-0.3, -0.25) is 0 Å². The van der Waals surface area contributed by atoms with Crippen LogP contribution in [0.5, 0.6) is 0 Å². The quantitative estimate of drug-likeness (QED) is 0.255. The van der Waals surface area contributed by atoms with E-state index in [2.05, 4.69) is 38.0 Å². The van der Waals surface area contributed by atoms with Crippen LogP contribution in [0.2, 0.25) is 0 Å². The van der Waals surface area contributed by atoms with Crippen LogP contribution in [-0.4, -0.2) is 0 Å². The molecule has 1 heterocycles. The topological polar surface area (TPSA) is 21.3 Å². The van der Waals surface area contributed by atoms with Crippen LogP contribution < -0.4 is 5.48 Å². The first-order chi connectivity index (χ1) is 10.8. The molecule has 132 valence electrons. The predicted molar refractivity (Wildman–Crippen MR) is 100.0 cm³/mol. The Balaban J connectivity index is -0.000000257. The zero-order valence-electron chi connectivity index (χ0n) is 15.8. The molecule has 0 bridgehead atoms. The molecule has 2 nitrogen and oxygen atoms in total. The van der Waals surface area contributed by atoms with Gasteiger partial charge in [0.2, 0.25) is 0 Å². The third kappa shape index (κ3) is 34.2. The smallest absolute Gasteiger partial charge is 0.391 e. The Kier molecular flexibility index (Phi) is 35.5. The van der Waals surface area contributed by atoms with E-state index in [0.29, 0.717) is 0 Å². The zero-order valence-corrected chi connectivity index (χ0v) is 18.8. The fourth-order valence-electron chi connectivity index (χ4n) is 1.82. The van der Waals surface area contributed by atoms with Crippen molar-refractivity contribution in [2.24, 2.45) is 0 Å². The molecular formula is C20H39NOZn. The first-order valence-electron chi connectivity index (χ1n) is 9.14. The van der Waals surface area contributed by atoms with Gasteiger partial charge in [0.05, 0.1) is 0 Å². The van der Waals surface area contributed by atoms with Gasteiger partial charge in [0.15, 0.2) is 0 Å². The van der Waals surface area contributed by atoms with Crippen molar-refractivity contribution < 1.29 is 24.3 Å². The number of hydrogen-bond acceptors (Lipinski definition) is 2. The first kappa shape index (κ1) is 27.5. The van der Waals surface area contributed by atoms with Crippen LogP contribution in [0.3, 0.4) is 0 Å². The van der Waals surface area contributed by atoms with Gasteiger partial charge in [-0.15, -0.1) is 0 Å². The number of unbranched alkanes of at least 4 members (excludes halogenated alkanes) is 10. The summed E-state index contributed by atoms with van der Waals surface area (Å²) < 4.78 is 0. The van der Waals surface area contributed by atoms with Crippen molar-refractivity contribution in [2.75, 3.05) is 0 Å². The van der Waals surface area contributed by atoms with Crippen LogP contribution in [0.25, 0.3) is 0 Å². The molecule has 0 radical (unpaired) electrons. The Morgan fingerprint density at radius 1 is 0.739 bits per heavy atom. The Hall–Kier alpha value is -0.297. The first-order valence-corrected chi connectivity index (χ1v) is 9.14. The van der Waals surface area contributed by atoms with Crippen molar-refractivity contribution >= 4 is 0 Å². The Morgan fingerprint density at radius 2 is 1.22 bits per heavy atom. The molecule has 23 heavy (non-hydrogen) atoms. The summed E-state index contributed by atoms with van der Waals surface area (Å²) >= 11 is 0. The number of hydroxylamine groups is 1. The average Bonchev–Trinajstić information content (AvgIpc) is 2.59. The van der Waals surface area contributed by atoms with Crippen molar-refractivity contribution in [1.82, 2.24) is 5.48 Å². The van der Waals surface area contributed by atoms with E-state index >= 15 is 0 Å². The Morgan fingerprint density at radius 3 is 1.43 bits per heavy atom. The van der Waals surface area contributed by atoms with Gasteiger partial charge in [-0.25, -0.2) is 5.48 Å². The molecule has 1 aliphatic heterocycles. The second-order valence-corrected chi connectivity index (χ2v) is 5.46. The number of allylic oxidation sites excluding steroid dienone is 2. The van der Waals surface area contributed by atoms with Gasteiger partial charge in [-0.1, -0.05) is 78.1 Å². The summed E-state index contributed by atoms with van der Waals surface area (Å²) in [6.07, 6.45) is 22.9. The van der Waals surface area contributed by atoms with Gasteiger partial charge in [0, 0.05) is 6.20 Å². The summed E-state index contributed by atoms with van der Waals surface area (Å²) in [7, 11) is 0. The summed E-state index contributed by atoms with van der Waals surface area (Å²) in [6.45, 7) is 12.0. The number of nitrogens with one attached hydrogen (secondary N) is 1. The van der Waals surface area contributed by atoms with Gasteiger partial charge >= 0.3 is 19.5 Å². The van der Waals surface area contributed by atoms with E-state index in [1.807, 2.05) is 6.08 Å². The molecule has 0 saturated carbocycles. The summed E-state index contributed by atoms with van der Waals surface area (Å²) in [6, 6.07) is 0. The SMILES string of the molecule is C1=CNOC=C1.[CH2-]CCCCCCC.[CH2-]CCCCCCC.[Zn+2]. The summed E-state index contributed by atoms with van der Waals surface area (Å²) in [4.78, 5) is 4.55. The standard InChI is InChI=1S/2C8H17.C4H5NO.Zn/c2*1-3-5-7-8-6-4-2;1-2-4-6-5-3-1;/h2*1,3-8H2,2H3;1-5H;/q2*-1;;+2. The summed E-state index contributed by atoms with van der Waals surface area (Å²) in [5.74, 6) is 0. The minimum atomic E-state index is 0. The molecule has 1 N–H and O–H groups in total. The van der Waals surface area contributed by atoms with E-state index in [4.69, 9.17) is 0 Å². The predicted octanol–water partition coefficient (Wildman–Crippen LogP) is 6.91. The molecule has 0 unspecified atom stereocenters. The second-order valence-electron chi connectivity index (χ2n) is 5.46. The molecule has 0 aromatic carbocycles. The molecule has 0 aromatic rings. The molecule has 0 aliphatic carbocycles. The van der Waals surface area contributed by atoms with Crippen LogP contribution in [0.1, 0.15) is 90.9 Å². The molecule has 0 aromatic heterocycles. The number of rotatable bonds is 10. The Bertz CT molecular complexity index is 194. The van der Waals surface area contributed by atoms with Gasteiger partial charge in [-0.2, -0.15) is 12.8 Å². The van der Waals surface area contributed by atoms with E-state index in [0.717, 1.165) is 12.8 Å². The van der Waals surface area contributed by atoms with E-state index in [1.165, 1.54) is 64.2 Å². The number of hydrogen-bond donors (Lipinski definition) is 1. The summed E-state index contributed by atoms with van der Waals surface area (Å²) in [5, 5.41) is 0. The molecule has 0 atom stereocenters. The second kappa shape index (κ2) is 29.7. The molecule has 3 heteroatoms. The van der Waals surface area contributed by atoms with Crippen molar-refractivity contribution in [2.45, 2.75) is 90.9 Å². The van der Waals surface area contributed by atoms with E-state index in [9.17, 15) is 0 Å². The molecule has 1 aliphatic rings.